The number of benzene rings is 2. The molecule has 4 rings (SSSR count). The van der Waals surface area contributed by atoms with Crippen LogP contribution in [0.25, 0.3) is 17.0 Å². The average Bonchev–Trinajstić information content (AvgIpc) is 2.89. The van der Waals surface area contributed by atoms with Crippen LogP contribution in [0.15, 0.2) is 64.9 Å². The average molecular weight is 325 g/mol. The van der Waals surface area contributed by atoms with E-state index in [0.29, 0.717) is 17.3 Å². The van der Waals surface area contributed by atoms with E-state index in [4.69, 9.17) is 4.74 Å². The number of hydrogen-bond acceptors (Lipinski definition) is 4. The van der Waals surface area contributed by atoms with Crippen LogP contribution >= 0.6 is 10.6 Å². The maximum atomic E-state index is 9.96. The summed E-state index contributed by atoms with van der Waals surface area (Å²) in [5, 5.41) is 2.52. The Balaban J connectivity index is 1.60. The number of nitrogens with zero attached hydrogens (tertiary/aromatic N) is 1. The van der Waals surface area contributed by atoms with E-state index in [0.717, 1.165) is 22.2 Å². The van der Waals surface area contributed by atoms with E-state index >= 15 is 0 Å². The molecule has 1 aliphatic heterocycles. The van der Waals surface area contributed by atoms with Gasteiger partial charge < -0.3 is 4.74 Å². The minimum atomic E-state index is -2.82. The van der Waals surface area contributed by atoms with Gasteiger partial charge in [-0.1, -0.05) is 30.3 Å². The number of pyridine rings is 1. The third-order valence-corrected chi connectivity index (χ3v) is 5.32. The number of aromatic nitrogens is 1. The van der Waals surface area contributed by atoms with Crippen LogP contribution in [0.3, 0.4) is 0 Å². The topological polar surface area (TPSA) is 62.6 Å². The molecule has 0 unspecified atom stereocenters. The number of rotatable bonds is 3. The normalized spacial score (nSPS) is 16.3. The molecule has 3 aromatic rings. The van der Waals surface area contributed by atoms with Gasteiger partial charge in [0.05, 0.1) is 16.1 Å². The second-order valence-electron chi connectivity index (χ2n) is 5.35. The molecule has 0 saturated carbocycles. The minimum absolute atomic E-state index is 0.328. The van der Waals surface area contributed by atoms with E-state index in [1.165, 1.54) is 5.41 Å². The van der Waals surface area contributed by atoms with Crippen LogP contribution in [0.1, 0.15) is 11.3 Å². The van der Waals surface area contributed by atoms with Crippen LogP contribution in [0.5, 0.6) is 5.75 Å². The molecule has 1 aromatic heterocycles. The quantitative estimate of drug-likeness (QED) is 0.718. The smallest absolute Gasteiger partial charge is 0.130 e. The van der Waals surface area contributed by atoms with Crippen molar-refractivity contribution in [1.82, 2.24) is 4.98 Å². The number of para-hydroxylation sites is 1. The van der Waals surface area contributed by atoms with Crippen molar-refractivity contribution >= 4 is 27.6 Å². The maximum absolute atomic E-state index is 9.96. The molecule has 0 spiro atoms. The Bertz CT molecular complexity index is 921. The van der Waals surface area contributed by atoms with Crippen LogP contribution < -0.4 is 4.74 Å². The highest BCUT2D eigenvalue weighted by molar-refractivity contribution is 8.27. The molecule has 0 bridgehead atoms. The molecule has 0 atom stereocenters. The first-order chi connectivity index (χ1) is 11.1. The number of fused-ring (bicyclic) bond motifs is 2. The van der Waals surface area contributed by atoms with Gasteiger partial charge in [-0.3, -0.25) is 9.11 Å². The van der Waals surface area contributed by atoms with Gasteiger partial charge in [-0.15, -0.1) is 10.6 Å². The van der Waals surface area contributed by atoms with Crippen molar-refractivity contribution < 1.29 is 13.8 Å². The fourth-order valence-corrected chi connectivity index (χ4v) is 3.90. The standard InChI is InChI=1S/C18H15NO3S/c20-23(21)11-10-15-17(6-3-7-18(15)23)22-12-14-9-8-13-4-1-2-5-16(13)19-14/h1-11,20-21H,12H2. The monoisotopic (exact) mass is 325 g/mol. The van der Waals surface area contributed by atoms with Crippen LogP contribution in [0.2, 0.25) is 0 Å². The second kappa shape index (κ2) is 5.38. The van der Waals surface area contributed by atoms with Crippen LogP contribution in [0.4, 0.5) is 0 Å². The molecule has 2 aromatic carbocycles. The maximum Gasteiger partial charge on any atom is 0.130 e. The van der Waals surface area contributed by atoms with Crippen LogP contribution in [-0.2, 0) is 6.61 Å². The lowest BCUT2D eigenvalue weighted by Gasteiger charge is -2.25. The lowest BCUT2D eigenvalue weighted by Crippen LogP contribution is -2.00. The van der Waals surface area contributed by atoms with Crippen molar-refractivity contribution in [3.05, 3.63) is 71.3 Å². The zero-order valence-corrected chi connectivity index (χ0v) is 13.0. The highest BCUT2D eigenvalue weighted by Crippen LogP contribution is 2.57. The van der Waals surface area contributed by atoms with Gasteiger partial charge in [-0.25, -0.2) is 4.98 Å². The largest absolute Gasteiger partial charge is 0.487 e. The van der Waals surface area contributed by atoms with Crippen molar-refractivity contribution in [2.24, 2.45) is 0 Å². The van der Waals surface area contributed by atoms with Gasteiger partial charge in [0.25, 0.3) is 0 Å². The van der Waals surface area contributed by atoms with Gasteiger partial charge >= 0.3 is 0 Å². The number of hydrogen-bond donors (Lipinski definition) is 2. The molecule has 0 amide bonds. The van der Waals surface area contributed by atoms with E-state index in [2.05, 4.69) is 4.98 Å². The Labute approximate surface area is 135 Å². The zero-order valence-electron chi connectivity index (χ0n) is 12.2. The van der Waals surface area contributed by atoms with Gasteiger partial charge in [-0.05, 0) is 30.3 Å². The van der Waals surface area contributed by atoms with Gasteiger partial charge in [0.15, 0.2) is 0 Å². The highest BCUT2D eigenvalue weighted by Gasteiger charge is 2.24. The fourth-order valence-electron chi connectivity index (χ4n) is 2.65. The van der Waals surface area contributed by atoms with Crippen molar-refractivity contribution in [3.63, 3.8) is 0 Å². The van der Waals surface area contributed by atoms with Gasteiger partial charge in [0, 0.05) is 16.4 Å². The summed E-state index contributed by atoms with van der Waals surface area (Å²) in [5.74, 6) is 0.631. The van der Waals surface area contributed by atoms with E-state index in [1.54, 1.807) is 18.2 Å². The summed E-state index contributed by atoms with van der Waals surface area (Å²) in [5.41, 5.74) is 2.49. The summed E-state index contributed by atoms with van der Waals surface area (Å²) in [7, 11) is -2.82. The predicted molar refractivity (Wildman–Crippen MR) is 92.7 cm³/mol. The lowest BCUT2D eigenvalue weighted by molar-refractivity contribution is 0.300. The molecule has 0 fully saturated rings. The Morgan fingerprint density at radius 3 is 2.74 bits per heavy atom. The molecule has 0 aliphatic carbocycles. The predicted octanol–water partition coefficient (Wildman–Crippen LogP) is 4.91. The fraction of sp³-hybridized carbons (Fsp3) is 0.0556. The van der Waals surface area contributed by atoms with Gasteiger partial charge in [-0.2, -0.15) is 0 Å². The SMILES string of the molecule is OS1(O)C=Cc2c(OCc3ccc4ccccc4n3)cccc21. The molecule has 5 heteroatoms. The summed E-state index contributed by atoms with van der Waals surface area (Å²) < 4.78 is 25.8. The first kappa shape index (κ1) is 14.3. The third kappa shape index (κ3) is 2.59. The Hall–Kier alpha value is -2.34. The Morgan fingerprint density at radius 1 is 0.957 bits per heavy atom. The first-order valence-electron chi connectivity index (χ1n) is 7.20. The molecule has 2 heterocycles. The van der Waals surface area contributed by atoms with Crippen molar-refractivity contribution in [3.8, 4) is 5.75 Å². The molecule has 2 N–H and O–H groups in total. The number of ether oxygens (including phenoxy) is 1. The molecule has 0 saturated heterocycles. The second-order valence-corrected chi connectivity index (χ2v) is 7.25. The van der Waals surface area contributed by atoms with Crippen LogP contribution in [0, 0.1) is 0 Å². The highest BCUT2D eigenvalue weighted by atomic mass is 32.3. The summed E-state index contributed by atoms with van der Waals surface area (Å²) in [6.45, 7) is 0.328. The molecule has 1 aliphatic rings. The van der Waals surface area contributed by atoms with Crippen LogP contribution in [-0.4, -0.2) is 14.1 Å². The molecule has 23 heavy (non-hydrogen) atoms. The summed E-state index contributed by atoms with van der Waals surface area (Å²) in [4.78, 5) is 5.09. The van der Waals surface area contributed by atoms with E-state index in [1.807, 2.05) is 42.5 Å². The minimum Gasteiger partial charge on any atom is -0.487 e. The summed E-state index contributed by atoms with van der Waals surface area (Å²) >= 11 is 0. The van der Waals surface area contributed by atoms with E-state index < -0.39 is 10.6 Å². The van der Waals surface area contributed by atoms with Crippen molar-refractivity contribution in [2.75, 3.05) is 0 Å². The van der Waals surface area contributed by atoms with Gasteiger partial charge in [0.2, 0.25) is 0 Å². The molecular formula is C18H15NO3S. The zero-order chi connectivity index (χ0) is 15.9. The van der Waals surface area contributed by atoms with Gasteiger partial charge in [0.1, 0.15) is 12.4 Å². The third-order valence-electron chi connectivity index (χ3n) is 3.81. The molecule has 4 nitrogen and oxygen atoms in total. The summed E-state index contributed by atoms with van der Waals surface area (Å²) in [6, 6.07) is 17.2. The van der Waals surface area contributed by atoms with E-state index in [9.17, 15) is 9.11 Å². The molecule has 0 radical (unpaired) electrons. The molecular weight excluding hydrogens is 310 g/mol. The summed E-state index contributed by atoms with van der Waals surface area (Å²) in [6.07, 6.45) is 1.70. The first-order valence-corrected chi connectivity index (χ1v) is 8.81. The van der Waals surface area contributed by atoms with E-state index in [-0.39, 0.29) is 0 Å². The Morgan fingerprint density at radius 2 is 1.83 bits per heavy atom. The van der Waals surface area contributed by atoms with Crippen molar-refractivity contribution in [1.29, 1.82) is 0 Å². The van der Waals surface area contributed by atoms with Crippen molar-refractivity contribution in [2.45, 2.75) is 11.5 Å². The molecule has 116 valence electrons. The Kier molecular flexibility index (Phi) is 3.34. The lowest BCUT2D eigenvalue weighted by atomic mass is 10.2.